The van der Waals surface area contributed by atoms with Gasteiger partial charge in [0, 0.05) is 44.0 Å². The number of alkyl halides is 2. The van der Waals surface area contributed by atoms with E-state index in [1.165, 1.54) is 23.5 Å². The summed E-state index contributed by atoms with van der Waals surface area (Å²) in [5.41, 5.74) is 2.47. The predicted octanol–water partition coefficient (Wildman–Crippen LogP) is 5.23. The number of nitrogens with one attached hydrogen (secondary N) is 1. The second-order valence-electron chi connectivity index (χ2n) is 8.88. The van der Waals surface area contributed by atoms with Crippen LogP contribution in [0.25, 0.3) is 11.3 Å². The zero-order chi connectivity index (χ0) is 27.0. The van der Waals surface area contributed by atoms with E-state index in [1.807, 2.05) is 23.6 Å². The van der Waals surface area contributed by atoms with E-state index < -0.39 is 6.11 Å². The van der Waals surface area contributed by atoms with Crippen LogP contribution in [0, 0.1) is 0 Å². The van der Waals surface area contributed by atoms with Crippen molar-refractivity contribution in [1.82, 2.24) is 9.88 Å². The Morgan fingerprint density at radius 1 is 1.13 bits per heavy atom. The molecule has 0 bridgehead atoms. The van der Waals surface area contributed by atoms with Crippen LogP contribution in [0.2, 0.25) is 0 Å². The van der Waals surface area contributed by atoms with E-state index >= 15 is 0 Å². The number of thiazole rings is 1. The molecular formula is C27H31F2N3O5S. The molecule has 11 heteroatoms. The summed E-state index contributed by atoms with van der Waals surface area (Å²) >= 11 is 1.46. The standard InChI is InChI=1S/C27H31F2N3O5S/c1-27(28,29)37-21-10-8-20(9-11-21)31-26-32(14-5-13-30-25(34)6-3-2-4-15-33)22(17-38-26)19-7-12-23-24(16-19)36-18-35-23/h7-12,16-17,33H,2-6,13-15,18H2,1H3,(H,30,34). The molecule has 8 nitrogen and oxygen atoms in total. The van der Waals surface area contributed by atoms with Gasteiger partial charge in [0.1, 0.15) is 5.75 Å². The number of hydrogen-bond donors (Lipinski definition) is 2. The van der Waals surface area contributed by atoms with E-state index in [-0.39, 0.29) is 25.1 Å². The number of carbonyl (C=O) groups is 1. The maximum atomic E-state index is 13.1. The molecular weight excluding hydrogens is 516 g/mol. The van der Waals surface area contributed by atoms with Crippen molar-refractivity contribution in [2.24, 2.45) is 4.99 Å². The number of ether oxygens (including phenoxy) is 3. The quantitative estimate of drug-likeness (QED) is 0.286. The molecule has 0 spiro atoms. The maximum Gasteiger partial charge on any atom is 0.394 e. The van der Waals surface area contributed by atoms with Gasteiger partial charge in [-0.1, -0.05) is 6.42 Å². The highest BCUT2D eigenvalue weighted by molar-refractivity contribution is 7.07. The second-order valence-corrected chi connectivity index (χ2v) is 9.71. The Hall–Kier alpha value is -3.44. The zero-order valence-electron chi connectivity index (χ0n) is 21.1. The molecule has 1 amide bonds. The van der Waals surface area contributed by atoms with Gasteiger partial charge in [0.05, 0.1) is 11.4 Å². The molecule has 1 aromatic heterocycles. The third kappa shape index (κ3) is 7.78. The maximum absolute atomic E-state index is 13.1. The lowest BCUT2D eigenvalue weighted by Gasteiger charge is -2.12. The molecule has 0 unspecified atom stereocenters. The molecule has 0 saturated carbocycles. The SMILES string of the molecule is CC(F)(F)Oc1ccc(N=c2scc(-c3ccc4c(c3)OCO4)n2CCCNC(=O)CCCCCO)cc1. The fourth-order valence-electron chi connectivity index (χ4n) is 3.95. The van der Waals surface area contributed by atoms with Crippen molar-refractivity contribution in [2.45, 2.75) is 51.7 Å². The number of rotatable bonds is 13. The highest BCUT2D eigenvalue weighted by Gasteiger charge is 2.23. The summed E-state index contributed by atoms with van der Waals surface area (Å²) in [7, 11) is 0. The summed E-state index contributed by atoms with van der Waals surface area (Å²) in [6.07, 6.45) is 0.150. The molecule has 2 N–H and O–H groups in total. The lowest BCUT2D eigenvalue weighted by molar-refractivity contribution is -0.158. The molecule has 38 heavy (non-hydrogen) atoms. The van der Waals surface area contributed by atoms with Crippen molar-refractivity contribution in [3.05, 3.63) is 52.6 Å². The number of aliphatic hydroxyl groups excluding tert-OH is 1. The lowest BCUT2D eigenvalue weighted by atomic mass is 10.1. The summed E-state index contributed by atoms with van der Waals surface area (Å²) in [5, 5.41) is 13.8. The van der Waals surface area contributed by atoms with Crippen molar-refractivity contribution in [2.75, 3.05) is 19.9 Å². The number of aromatic nitrogens is 1. The van der Waals surface area contributed by atoms with E-state index in [4.69, 9.17) is 19.6 Å². The molecule has 0 radical (unpaired) electrons. The Labute approximate surface area is 223 Å². The van der Waals surface area contributed by atoms with Crippen LogP contribution in [-0.2, 0) is 11.3 Å². The Bertz CT molecular complexity index is 1290. The van der Waals surface area contributed by atoms with Crippen LogP contribution >= 0.6 is 11.3 Å². The van der Waals surface area contributed by atoms with E-state index in [1.54, 1.807) is 12.1 Å². The molecule has 4 rings (SSSR count). The monoisotopic (exact) mass is 547 g/mol. The molecule has 2 heterocycles. The molecule has 0 atom stereocenters. The first kappa shape index (κ1) is 27.6. The number of fused-ring (bicyclic) bond motifs is 1. The first-order valence-electron chi connectivity index (χ1n) is 12.5. The largest absolute Gasteiger partial charge is 0.454 e. The van der Waals surface area contributed by atoms with Crippen molar-refractivity contribution in [3.8, 4) is 28.5 Å². The van der Waals surface area contributed by atoms with Crippen LogP contribution in [0.3, 0.4) is 0 Å². The van der Waals surface area contributed by atoms with Gasteiger partial charge in [-0.3, -0.25) is 4.79 Å². The number of halogens is 2. The Morgan fingerprint density at radius 3 is 2.68 bits per heavy atom. The fourth-order valence-corrected chi connectivity index (χ4v) is 4.91. The van der Waals surface area contributed by atoms with Gasteiger partial charge in [0.15, 0.2) is 16.3 Å². The van der Waals surface area contributed by atoms with E-state index in [0.717, 1.165) is 28.9 Å². The Kier molecular flexibility index (Phi) is 9.35. The van der Waals surface area contributed by atoms with Crippen molar-refractivity contribution >= 4 is 22.9 Å². The van der Waals surface area contributed by atoms with E-state index in [9.17, 15) is 13.6 Å². The average Bonchev–Trinajstić information content (AvgIpc) is 3.51. The first-order chi connectivity index (χ1) is 18.3. The van der Waals surface area contributed by atoms with Crippen LogP contribution in [0.1, 0.15) is 39.0 Å². The van der Waals surface area contributed by atoms with Gasteiger partial charge in [-0.05, 0) is 61.7 Å². The second kappa shape index (κ2) is 12.9. The van der Waals surface area contributed by atoms with Gasteiger partial charge in [0.25, 0.3) is 0 Å². The molecule has 1 aliphatic rings. The van der Waals surface area contributed by atoms with Crippen LogP contribution < -0.4 is 24.3 Å². The summed E-state index contributed by atoms with van der Waals surface area (Å²) < 4.78 is 43.9. The number of hydrogen-bond acceptors (Lipinski definition) is 7. The van der Waals surface area contributed by atoms with Crippen LogP contribution in [0.5, 0.6) is 17.2 Å². The van der Waals surface area contributed by atoms with E-state index in [2.05, 4.69) is 14.6 Å². The number of aliphatic hydroxyl groups is 1. The highest BCUT2D eigenvalue weighted by Crippen LogP contribution is 2.36. The van der Waals surface area contributed by atoms with Gasteiger partial charge in [0.2, 0.25) is 12.7 Å². The van der Waals surface area contributed by atoms with Crippen LogP contribution in [0.4, 0.5) is 14.5 Å². The van der Waals surface area contributed by atoms with Gasteiger partial charge in [-0.15, -0.1) is 11.3 Å². The van der Waals surface area contributed by atoms with Crippen LogP contribution in [0.15, 0.2) is 52.8 Å². The summed E-state index contributed by atoms with van der Waals surface area (Å²) in [5.74, 6) is 1.43. The molecule has 0 fully saturated rings. The molecule has 1 aliphatic heterocycles. The normalized spacial score (nSPS) is 13.1. The fraction of sp³-hybridized carbons (Fsp3) is 0.407. The summed E-state index contributed by atoms with van der Waals surface area (Å²) in [6, 6.07) is 11.9. The average molecular weight is 548 g/mol. The minimum atomic E-state index is -3.26. The molecule has 3 aromatic rings. The number of carbonyl (C=O) groups excluding carboxylic acids is 1. The smallest absolute Gasteiger partial charge is 0.394 e. The summed E-state index contributed by atoms with van der Waals surface area (Å²) in [4.78, 5) is 17.6. The Balaban J connectivity index is 1.51. The van der Waals surface area contributed by atoms with E-state index in [0.29, 0.717) is 56.5 Å². The topological polar surface area (TPSA) is 94.3 Å². The molecule has 204 valence electrons. The van der Waals surface area contributed by atoms with Crippen molar-refractivity contribution in [3.63, 3.8) is 0 Å². The third-order valence-corrected chi connectivity index (χ3v) is 6.63. The van der Waals surface area contributed by atoms with Crippen LogP contribution in [-0.4, -0.2) is 41.6 Å². The first-order valence-corrected chi connectivity index (χ1v) is 13.4. The number of amides is 1. The third-order valence-electron chi connectivity index (χ3n) is 5.77. The Morgan fingerprint density at radius 2 is 1.92 bits per heavy atom. The minimum Gasteiger partial charge on any atom is -0.454 e. The predicted molar refractivity (Wildman–Crippen MR) is 140 cm³/mol. The van der Waals surface area contributed by atoms with Crippen molar-refractivity contribution in [1.29, 1.82) is 0 Å². The molecule has 2 aromatic carbocycles. The number of unbranched alkanes of at least 4 members (excludes halogenated alkanes) is 2. The highest BCUT2D eigenvalue weighted by atomic mass is 32.1. The molecule has 0 aliphatic carbocycles. The van der Waals surface area contributed by atoms with Crippen molar-refractivity contribution < 1.29 is 32.9 Å². The minimum absolute atomic E-state index is 0.000806. The number of nitrogens with zero attached hydrogens (tertiary/aromatic N) is 2. The van der Waals surface area contributed by atoms with Gasteiger partial charge in [-0.25, -0.2) is 4.99 Å². The number of benzene rings is 2. The zero-order valence-corrected chi connectivity index (χ0v) is 21.9. The van der Waals surface area contributed by atoms with Gasteiger partial charge >= 0.3 is 6.11 Å². The summed E-state index contributed by atoms with van der Waals surface area (Å²) in [6.45, 7) is 2.13. The van der Waals surface area contributed by atoms with Gasteiger partial charge in [-0.2, -0.15) is 8.78 Å². The lowest BCUT2D eigenvalue weighted by Crippen LogP contribution is -2.26. The molecule has 0 saturated heterocycles. The van der Waals surface area contributed by atoms with Gasteiger partial charge < -0.3 is 29.2 Å².